The third-order valence-corrected chi connectivity index (χ3v) is 5.73. The van der Waals surface area contributed by atoms with Gasteiger partial charge in [0.15, 0.2) is 0 Å². The first-order chi connectivity index (χ1) is 13.8. The van der Waals surface area contributed by atoms with E-state index < -0.39 is 0 Å². The van der Waals surface area contributed by atoms with Gasteiger partial charge < -0.3 is 14.9 Å². The Hall–Kier alpha value is -2.75. The van der Waals surface area contributed by atoms with Gasteiger partial charge in [0.2, 0.25) is 0 Å². The maximum absolute atomic E-state index is 3.62. The molecule has 0 saturated carbocycles. The number of rotatable bonds is 6. The predicted octanol–water partition coefficient (Wildman–Crippen LogP) is 6.05. The number of H-pyrrole nitrogens is 1. The second-order valence-corrected chi connectivity index (χ2v) is 7.40. The van der Waals surface area contributed by atoms with Gasteiger partial charge in [-0.3, -0.25) is 0 Å². The van der Waals surface area contributed by atoms with Crippen LogP contribution in [0.25, 0.3) is 32.7 Å². The first-order valence-electron chi connectivity index (χ1n) is 10.1. The molecule has 0 bridgehead atoms. The molecule has 2 aromatic heterocycles. The largest absolute Gasteiger partial charge is 0.361 e. The number of halogens is 1. The Morgan fingerprint density at radius 2 is 1.62 bits per heavy atom. The lowest BCUT2D eigenvalue weighted by Crippen LogP contribution is -2.16. The highest BCUT2D eigenvalue weighted by Crippen LogP contribution is 2.29. The topological polar surface area (TPSA) is 32.8 Å². The summed E-state index contributed by atoms with van der Waals surface area (Å²) in [5, 5.41) is 7.65. The van der Waals surface area contributed by atoms with Gasteiger partial charge in [0.25, 0.3) is 0 Å². The molecule has 2 N–H and O–H groups in total. The molecule has 5 aromatic rings. The fraction of sp³-hybridized carbons (Fsp3) is 0.200. The van der Waals surface area contributed by atoms with Crippen molar-refractivity contribution in [2.45, 2.75) is 26.4 Å². The third-order valence-electron chi connectivity index (χ3n) is 5.73. The molecule has 0 saturated heterocycles. The van der Waals surface area contributed by atoms with Gasteiger partial charge in [-0.05, 0) is 55.3 Å². The summed E-state index contributed by atoms with van der Waals surface area (Å²) in [5.74, 6) is 0. The molecule has 0 amide bonds. The van der Waals surface area contributed by atoms with Crippen molar-refractivity contribution in [1.29, 1.82) is 0 Å². The number of aromatic nitrogens is 2. The minimum absolute atomic E-state index is 0. The van der Waals surface area contributed by atoms with Gasteiger partial charge in [-0.2, -0.15) is 0 Å². The van der Waals surface area contributed by atoms with Crippen LogP contribution in [0.3, 0.4) is 0 Å². The Morgan fingerprint density at radius 3 is 2.48 bits per heavy atom. The fourth-order valence-electron chi connectivity index (χ4n) is 4.35. The van der Waals surface area contributed by atoms with E-state index in [0.717, 1.165) is 26.1 Å². The number of aryl methyl sites for hydroxylation is 1. The molecule has 0 unspecified atom stereocenters. The number of fused-ring (bicyclic) bond motifs is 4. The Kier molecular flexibility index (Phi) is 5.61. The first-order valence-corrected chi connectivity index (χ1v) is 10.1. The van der Waals surface area contributed by atoms with Crippen molar-refractivity contribution < 1.29 is 0 Å². The second-order valence-electron chi connectivity index (χ2n) is 7.40. The average molecular weight is 404 g/mol. The number of nitrogens with zero attached hydrogens (tertiary/aromatic N) is 1. The zero-order valence-electron chi connectivity index (χ0n) is 16.6. The van der Waals surface area contributed by atoms with Crippen LogP contribution in [0, 0.1) is 0 Å². The smallest absolute Gasteiger partial charge is 0.0491 e. The lowest BCUT2D eigenvalue weighted by molar-refractivity contribution is 0.689. The summed E-state index contributed by atoms with van der Waals surface area (Å²) in [4.78, 5) is 3.36. The van der Waals surface area contributed by atoms with Gasteiger partial charge in [-0.1, -0.05) is 42.5 Å². The first kappa shape index (κ1) is 19.6. The molecule has 0 atom stereocenters. The van der Waals surface area contributed by atoms with Crippen molar-refractivity contribution in [3.05, 3.63) is 84.1 Å². The van der Waals surface area contributed by atoms with E-state index in [2.05, 4.69) is 94.7 Å². The molecule has 0 aliphatic rings. The van der Waals surface area contributed by atoms with Crippen LogP contribution >= 0.6 is 12.4 Å². The van der Waals surface area contributed by atoms with Gasteiger partial charge in [0.05, 0.1) is 0 Å². The maximum atomic E-state index is 3.62. The highest BCUT2D eigenvalue weighted by molar-refractivity contribution is 6.08. The van der Waals surface area contributed by atoms with Crippen molar-refractivity contribution in [3.63, 3.8) is 0 Å². The van der Waals surface area contributed by atoms with Crippen LogP contribution in [0.4, 0.5) is 0 Å². The highest BCUT2D eigenvalue weighted by Gasteiger charge is 2.09. The molecule has 2 heterocycles. The summed E-state index contributed by atoms with van der Waals surface area (Å²) < 4.78 is 2.40. The van der Waals surface area contributed by atoms with Crippen LogP contribution in [-0.4, -0.2) is 16.1 Å². The second kappa shape index (κ2) is 8.32. The zero-order chi connectivity index (χ0) is 18.9. The normalized spacial score (nSPS) is 11.3. The number of aromatic amines is 1. The van der Waals surface area contributed by atoms with Gasteiger partial charge in [-0.15, -0.1) is 12.4 Å². The lowest BCUT2D eigenvalue weighted by Gasteiger charge is -2.06. The Balaban J connectivity index is 0.00000205. The molecule has 4 heteroatoms. The molecule has 0 radical (unpaired) electrons. The molecule has 0 fully saturated rings. The van der Waals surface area contributed by atoms with Crippen molar-refractivity contribution in [3.8, 4) is 0 Å². The van der Waals surface area contributed by atoms with E-state index in [1.54, 1.807) is 0 Å². The van der Waals surface area contributed by atoms with Crippen molar-refractivity contribution >= 4 is 45.1 Å². The van der Waals surface area contributed by atoms with Crippen molar-refractivity contribution in [2.75, 3.05) is 6.54 Å². The molecule has 5 rings (SSSR count). The Bertz CT molecular complexity index is 1270. The SMILES string of the molecule is CCn1c2ccccc2c2cc(CNCCc3c[nH]c4ccccc34)ccc21.Cl. The fourth-order valence-corrected chi connectivity index (χ4v) is 4.35. The zero-order valence-corrected chi connectivity index (χ0v) is 17.4. The number of hydrogen-bond acceptors (Lipinski definition) is 1. The summed E-state index contributed by atoms with van der Waals surface area (Å²) >= 11 is 0. The lowest BCUT2D eigenvalue weighted by atomic mass is 10.1. The highest BCUT2D eigenvalue weighted by atomic mass is 35.5. The van der Waals surface area contributed by atoms with Gasteiger partial charge in [0, 0.05) is 52.0 Å². The van der Waals surface area contributed by atoms with Crippen LogP contribution in [0.2, 0.25) is 0 Å². The van der Waals surface area contributed by atoms with Gasteiger partial charge in [-0.25, -0.2) is 0 Å². The van der Waals surface area contributed by atoms with E-state index in [1.807, 2.05) is 0 Å². The van der Waals surface area contributed by atoms with E-state index in [1.165, 1.54) is 43.8 Å². The summed E-state index contributed by atoms with van der Waals surface area (Å²) in [6.07, 6.45) is 3.17. The summed E-state index contributed by atoms with van der Waals surface area (Å²) in [7, 11) is 0. The Labute approximate surface area is 177 Å². The van der Waals surface area contributed by atoms with Crippen LogP contribution in [0.1, 0.15) is 18.1 Å². The summed E-state index contributed by atoms with van der Waals surface area (Å²) in [6, 6.07) is 24.1. The molecule has 148 valence electrons. The maximum Gasteiger partial charge on any atom is 0.0491 e. The minimum Gasteiger partial charge on any atom is -0.361 e. The van der Waals surface area contributed by atoms with Crippen molar-refractivity contribution in [2.24, 2.45) is 0 Å². The van der Waals surface area contributed by atoms with Crippen LogP contribution in [0.15, 0.2) is 72.9 Å². The molecule has 3 aromatic carbocycles. The summed E-state index contributed by atoms with van der Waals surface area (Å²) in [6.45, 7) is 5.07. The number of benzene rings is 3. The van der Waals surface area contributed by atoms with Gasteiger partial charge >= 0.3 is 0 Å². The molecule has 0 aliphatic carbocycles. The third kappa shape index (κ3) is 3.52. The quantitative estimate of drug-likeness (QED) is 0.332. The molecule has 0 spiro atoms. The molecule has 0 aliphatic heterocycles. The minimum atomic E-state index is 0. The monoisotopic (exact) mass is 403 g/mol. The molecular formula is C25H26ClN3. The van der Waals surface area contributed by atoms with E-state index in [9.17, 15) is 0 Å². The molecular weight excluding hydrogens is 378 g/mol. The number of hydrogen-bond donors (Lipinski definition) is 2. The molecule has 3 nitrogen and oxygen atoms in total. The van der Waals surface area contributed by atoms with E-state index in [-0.39, 0.29) is 12.4 Å². The number of nitrogens with one attached hydrogen (secondary N) is 2. The summed E-state index contributed by atoms with van der Waals surface area (Å²) in [5.41, 5.74) is 6.58. The van der Waals surface area contributed by atoms with Gasteiger partial charge in [0.1, 0.15) is 0 Å². The Morgan fingerprint density at radius 1 is 0.862 bits per heavy atom. The standard InChI is InChI=1S/C25H25N3.ClH/c1-2-28-24-10-6-4-8-21(24)22-15-18(11-12-25(22)28)16-26-14-13-19-17-27-23-9-5-3-7-20(19)23;/h3-12,15,17,26-27H,2,13-14,16H2,1H3;1H. The molecule has 29 heavy (non-hydrogen) atoms. The van der Waals surface area contributed by atoms with Crippen molar-refractivity contribution in [1.82, 2.24) is 14.9 Å². The average Bonchev–Trinajstić information content (AvgIpc) is 3.30. The van der Waals surface area contributed by atoms with E-state index in [4.69, 9.17) is 0 Å². The van der Waals surface area contributed by atoms with Crippen LogP contribution in [0.5, 0.6) is 0 Å². The van der Waals surface area contributed by atoms with E-state index >= 15 is 0 Å². The predicted molar refractivity (Wildman–Crippen MR) is 126 cm³/mol. The van der Waals surface area contributed by atoms with Crippen LogP contribution < -0.4 is 5.32 Å². The number of para-hydroxylation sites is 2. The van der Waals surface area contributed by atoms with Crippen LogP contribution in [-0.2, 0) is 19.5 Å². The van der Waals surface area contributed by atoms with E-state index in [0.29, 0.717) is 0 Å².